The predicted molar refractivity (Wildman–Crippen MR) is 123 cm³/mol. The fourth-order valence-electron chi connectivity index (χ4n) is 3.29. The average Bonchev–Trinajstić information content (AvgIpc) is 3.53. The van der Waals surface area contributed by atoms with E-state index in [0.29, 0.717) is 36.9 Å². The molecule has 0 fully saturated rings. The molecule has 1 amide bonds. The summed E-state index contributed by atoms with van der Waals surface area (Å²) < 4.78 is 30.8. The summed E-state index contributed by atoms with van der Waals surface area (Å²) in [6.45, 7) is 1.38. The van der Waals surface area contributed by atoms with Crippen LogP contribution in [0.15, 0.2) is 69.6 Å². The predicted octanol–water partition coefficient (Wildman–Crippen LogP) is 5.03. The van der Waals surface area contributed by atoms with Crippen molar-refractivity contribution in [2.45, 2.75) is 11.8 Å². The molecule has 168 valence electrons. The number of aromatic nitrogens is 2. The van der Waals surface area contributed by atoms with Crippen molar-refractivity contribution >= 4 is 34.7 Å². The van der Waals surface area contributed by atoms with Gasteiger partial charge >= 0.3 is 0 Å². The summed E-state index contributed by atoms with van der Waals surface area (Å²) in [4.78, 5) is 16.0. The lowest BCUT2D eigenvalue weighted by Gasteiger charge is -2.25. The molecule has 1 aliphatic rings. The number of carbonyl (C=O) groups excluding carboxylic acids is 1. The van der Waals surface area contributed by atoms with Gasteiger partial charge in [0.1, 0.15) is 19.0 Å². The summed E-state index contributed by atoms with van der Waals surface area (Å²) in [5.74, 6) is 0.824. The van der Waals surface area contributed by atoms with Gasteiger partial charge in [-0.15, -0.1) is 21.5 Å². The van der Waals surface area contributed by atoms with Crippen LogP contribution in [0.3, 0.4) is 0 Å². The molecule has 2 aromatic carbocycles. The average molecular weight is 484 g/mol. The van der Waals surface area contributed by atoms with Crippen LogP contribution in [0.25, 0.3) is 11.5 Å². The van der Waals surface area contributed by atoms with Gasteiger partial charge in [0.05, 0.1) is 17.9 Å². The molecule has 0 bridgehead atoms. The zero-order valence-electron chi connectivity index (χ0n) is 17.3. The summed E-state index contributed by atoms with van der Waals surface area (Å²) in [7, 11) is 0. The molecule has 33 heavy (non-hydrogen) atoms. The Kier molecular flexibility index (Phi) is 6.27. The molecular formula is C23H18FN3O4S2. The molecule has 5 rings (SSSR count). The number of ether oxygens (including phenoxy) is 2. The molecule has 10 heteroatoms. The van der Waals surface area contributed by atoms with Crippen LogP contribution in [0, 0.1) is 5.82 Å². The monoisotopic (exact) mass is 483 g/mol. The number of benzene rings is 2. The van der Waals surface area contributed by atoms with Gasteiger partial charge in [-0.1, -0.05) is 30.0 Å². The normalized spacial score (nSPS) is 12.5. The third-order valence-corrected chi connectivity index (χ3v) is 6.53. The summed E-state index contributed by atoms with van der Waals surface area (Å²) in [5.41, 5.74) is 0.926. The van der Waals surface area contributed by atoms with Gasteiger partial charge < -0.3 is 18.8 Å². The molecule has 7 nitrogen and oxygen atoms in total. The maximum atomic E-state index is 14.0. The number of nitrogens with zero attached hydrogens (tertiary/aromatic N) is 3. The van der Waals surface area contributed by atoms with E-state index < -0.39 is 5.82 Å². The largest absolute Gasteiger partial charge is 0.486 e. The van der Waals surface area contributed by atoms with Gasteiger partial charge in [-0.05, 0) is 35.7 Å². The van der Waals surface area contributed by atoms with Crippen LogP contribution in [-0.4, -0.2) is 35.1 Å². The Bertz CT molecular complexity index is 1260. The van der Waals surface area contributed by atoms with E-state index in [1.165, 1.54) is 6.07 Å². The van der Waals surface area contributed by atoms with E-state index in [1.807, 2.05) is 35.7 Å². The lowest BCUT2D eigenvalue weighted by molar-refractivity contribution is -0.116. The summed E-state index contributed by atoms with van der Waals surface area (Å²) >= 11 is 2.68. The number of carbonyl (C=O) groups is 1. The van der Waals surface area contributed by atoms with Crippen molar-refractivity contribution in [3.8, 4) is 23.0 Å². The number of fused-ring (bicyclic) bond motifs is 1. The zero-order valence-corrected chi connectivity index (χ0v) is 18.9. The molecule has 0 radical (unpaired) electrons. The van der Waals surface area contributed by atoms with Crippen LogP contribution < -0.4 is 14.4 Å². The summed E-state index contributed by atoms with van der Waals surface area (Å²) in [6, 6.07) is 15.6. The highest BCUT2D eigenvalue weighted by Gasteiger charge is 2.22. The molecule has 4 aromatic rings. The zero-order chi connectivity index (χ0) is 22.6. The number of thiophene rings is 1. The van der Waals surface area contributed by atoms with Gasteiger partial charge in [-0.2, -0.15) is 0 Å². The standard InChI is InChI=1S/C23H18FN3O4S2/c24-18-6-2-1-5-17(18)22-25-26-23(31-22)33-14-21(28)27(13-16-4-3-11-32-16)15-7-8-19-20(12-15)30-10-9-29-19/h1-8,11-12H,9-10,13-14H2. The Balaban J connectivity index is 1.33. The van der Waals surface area contributed by atoms with Crippen molar-refractivity contribution in [3.63, 3.8) is 0 Å². The summed E-state index contributed by atoms with van der Waals surface area (Å²) in [6.07, 6.45) is 0. The minimum absolute atomic E-state index is 0.0682. The Morgan fingerprint density at radius 3 is 2.73 bits per heavy atom. The smallest absolute Gasteiger partial charge is 0.277 e. The lowest BCUT2D eigenvalue weighted by Crippen LogP contribution is -2.31. The van der Waals surface area contributed by atoms with Crippen LogP contribution in [0.2, 0.25) is 0 Å². The maximum Gasteiger partial charge on any atom is 0.277 e. The second kappa shape index (κ2) is 9.63. The lowest BCUT2D eigenvalue weighted by atomic mass is 10.2. The van der Waals surface area contributed by atoms with Crippen molar-refractivity contribution in [3.05, 3.63) is 70.7 Å². The molecule has 0 unspecified atom stereocenters. The summed E-state index contributed by atoms with van der Waals surface area (Å²) in [5, 5.41) is 10.0. The van der Waals surface area contributed by atoms with Gasteiger partial charge in [-0.3, -0.25) is 4.79 Å². The van der Waals surface area contributed by atoms with E-state index >= 15 is 0 Å². The fourth-order valence-corrected chi connectivity index (χ4v) is 4.63. The van der Waals surface area contributed by atoms with Crippen molar-refractivity contribution < 1.29 is 23.1 Å². The highest BCUT2D eigenvalue weighted by Crippen LogP contribution is 2.35. The van der Waals surface area contributed by atoms with E-state index in [9.17, 15) is 9.18 Å². The van der Waals surface area contributed by atoms with E-state index in [1.54, 1.807) is 34.4 Å². The van der Waals surface area contributed by atoms with E-state index in [4.69, 9.17) is 13.9 Å². The molecule has 3 heterocycles. The number of hydrogen-bond donors (Lipinski definition) is 0. The third kappa shape index (κ3) is 4.86. The Morgan fingerprint density at radius 2 is 1.91 bits per heavy atom. The molecule has 1 aliphatic heterocycles. The number of hydrogen-bond acceptors (Lipinski definition) is 8. The van der Waals surface area contributed by atoms with Crippen LogP contribution in [0.4, 0.5) is 10.1 Å². The molecule has 0 N–H and O–H groups in total. The highest BCUT2D eigenvalue weighted by molar-refractivity contribution is 7.99. The fraction of sp³-hybridized carbons (Fsp3) is 0.174. The molecule has 0 saturated heterocycles. The minimum Gasteiger partial charge on any atom is -0.486 e. The van der Waals surface area contributed by atoms with Crippen molar-refractivity contribution in [1.82, 2.24) is 10.2 Å². The molecule has 0 aliphatic carbocycles. The first kappa shape index (κ1) is 21.5. The van der Waals surface area contributed by atoms with E-state index in [2.05, 4.69) is 10.2 Å². The number of thioether (sulfide) groups is 1. The number of anilines is 1. The first-order chi connectivity index (χ1) is 16.2. The SMILES string of the molecule is O=C(CSc1nnc(-c2ccccc2F)o1)N(Cc1cccs1)c1ccc2c(c1)OCCO2. The first-order valence-electron chi connectivity index (χ1n) is 10.1. The minimum atomic E-state index is -0.450. The molecule has 0 saturated carbocycles. The quantitative estimate of drug-likeness (QED) is 0.341. The molecule has 2 aromatic heterocycles. The molecular weight excluding hydrogens is 465 g/mol. The van der Waals surface area contributed by atoms with Crippen LogP contribution >= 0.6 is 23.1 Å². The van der Waals surface area contributed by atoms with Gasteiger partial charge in [0.25, 0.3) is 11.1 Å². The third-order valence-electron chi connectivity index (χ3n) is 4.86. The van der Waals surface area contributed by atoms with Crippen molar-refractivity contribution in [2.75, 3.05) is 23.9 Å². The Hall–Kier alpha value is -3.37. The molecule has 0 spiro atoms. The Labute approximate surface area is 197 Å². The van der Waals surface area contributed by atoms with Gasteiger partial charge in [0, 0.05) is 16.6 Å². The first-order valence-corrected chi connectivity index (χ1v) is 12.0. The Morgan fingerprint density at radius 1 is 1.06 bits per heavy atom. The van der Waals surface area contributed by atoms with Crippen LogP contribution in [0.5, 0.6) is 11.5 Å². The highest BCUT2D eigenvalue weighted by atomic mass is 32.2. The van der Waals surface area contributed by atoms with Gasteiger partial charge in [-0.25, -0.2) is 4.39 Å². The van der Waals surface area contributed by atoms with E-state index in [0.717, 1.165) is 16.6 Å². The maximum absolute atomic E-state index is 14.0. The van der Waals surface area contributed by atoms with Crippen LogP contribution in [0.1, 0.15) is 4.88 Å². The number of halogens is 1. The number of amides is 1. The van der Waals surface area contributed by atoms with Crippen molar-refractivity contribution in [2.24, 2.45) is 0 Å². The van der Waals surface area contributed by atoms with Crippen molar-refractivity contribution in [1.29, 1.82) is 0 Å². The van der Waals surface area contributed by atoms with Gasteiger partial charge in [0.15, 0.2) is 11.5 Å². The van der Waals surface area contributed by atoms with E-state index in [-0.39, 0.29) is 28.3 Å². The van der Waals surface area contributed by atoms with Gasteiger partial charge in [0.2, 0.25) is 5.91 Å². The topological polar surface area (TPSA) is 77.7 Å². The molecule has 0 atom stereocenters. The second-order valence-electron chi connectivity index (χ2n) is 7.03. The van der Waals surface area contributed by atoms with Crippen LogP contribution in [-0.2, 0) is 11.3 Å². The second-order valence-corrected chi connectivity index (χ2v) is 8.99. The number of rotatable bonds is 7.